The van der Waals surface area contributed by atoms with Crippen LogP contribution in [0.1, 0.15) is 30.1 Å². The summed E-state index contributed by atoms with van der Waals surface area (Å²) in [5.74, 6) is 2.22. The minimum absolute atomic E-state index is 0.0671. The Morgan fingerprint density at radius 3 is 2.87 bits per heavy atom. The second-order valence-electron chi connectivity index (χ2n) is 5.80. The fourth-order valence-electron chi connectivity index (χ4n) is 2.67. The molecule has 1 N–H and O–H groups in total. The lowest BCUT2D eigenvalue weighted by atomic mass is 10.2. The Labute approximate surface area is 133 Å². The number of aliphatic hydroxyl groups excluding tert-OH is 1. The highest BCUT2D eigenvalue weighted by molar-refractivity contribution is 5.46. The summed E-state index contributed by atoms with van der Waals surface area (Å²) in [6.45, 7) is 1.22. The van der Waals surface area contributed by atoms with Crippen molar-refractivity contribution in [2.75, 3.05) is 18.1 Å². The van der Waals surface area contributed by atoms with Gasteiger partial charge in [0, 0.05) is 31.4 Å². The summed E-state index contributed by atoms with van der Waals surface area (Å²) in [5.41, 5.74) is 1.84. The van der Waals surface area contributed by atoms with E-state index in [2.05, 4.69) is 15.2 Å². The maximum absolute atomic E-state index is 9.39. The average Bonchev–Trinajstić information content (AvgIpc) is 3.34. The first-order chi connectivity index (χ1) is 11.3. The molecule has 0 spiro atoms. The first-order valence-electron chi connectivity index (χ1n) is 7.82. The van der Waals surface area contributed by atoms with Crippen LogP contribution in [0.2, 0.25) is 0 Å². The van der Waals surface area contributed by atoms with Gasteiger partial charge in [-0.2, -0.15) is 4.52 Å². The lowest BCUT2D eigenvalue weighted by Crippen LogP contribution is -2.27. The number of hydrogen-bond acceptors (Lipinski definition) is 6. The van der Waals surface area contributed by atoms with Crippen molar-refractivity contribution in [2.24, 2.45) is 0 Å². The molecule has 0 atom stereocenters. The van der Waals surface area contributed by atoms with Gasteiger partial charge in [-0.25, -0.2) is 0 Å². The quantitative estimate of drug-likeness (QED) is 0.741. The molecular weight excluding hydrogens is 292 g/mol. The summed E-state index contributed by atoms with van der Waals surface area (Å²) in [7, 11) is 0. The van der Waals surface area contributed by atoms with Gasteiger partial charge in [0.2, 0.25) is 0 Å². The Morgan fingerprint density at radius 2 is 2.13 bits per heavy atom. The van der Waals surface area contributed by atoms with Crippen molar-refractivity contribution in [3.05, 3.63) is 48.0 Å². The van der Waals surface area contributed by atoms with E-state index >= 15 is 0 Å². The molecule has 0 unspecified atom stereocenters. The molecule has 118 valence electrons. The van der Waals surface area contributed by atoms with Gasteiger partial charge in [-0.1, -0.05) is 6.07 Å². The molecule has 1 fully saturated rings. The third-order valence-corrected chi connectivity index (χ3v) is 4.01. The lowest BCUT2D eigenvalue weighted by Gasteiger charge is -2.22. The first-order valence-corrected chi connectivity index (χ1v) is 7.82. The molecule has 1 aliphatic carbocycles. The number of rotatable bonds is 6. The number of pyridine rings is 1. The van der Waals surface area contributed by atoms with Crippen LogP contribution in [-0.4, -0.2) is 43.1 Å². The van der Waals surface area contributed by atoms with Crippen LogP contribution in [0, 0.1) is 0 Å². The minimum Gasteiger partial charge on any atom is -0.395 e. The molecule has 1 saturated carbocycles. The second kappa shape index (κ2) is 5.92. The monoisotopic (exact) mass is 310 g/mol. The smallest absolute Gasteiger partial charge is 0.178 e. The van der Waals surface area contributed by atoms with Crippen molar-refractivity contribution < 1.29 is 5.11 Å². The molecule has 7 nitrogen and oxygen atoms in total. The van der Waals surface area contributed by atoms with Crippen molar-refractivity contribution in [1.29, 1.82) is 0 Å². The van der Waals surface area contributed by atoms with Crippen LogP contribution in [0.5, 0.6) is 0 Å². The Balaban J connectivity index is 1.67. The van der Waals surface area contributed by atoms with Crippen LogP contribution in [0.15, 0.2) is 36.7 Å². The van der Waals surface area contributed by atoms with E-state index in [1.54, 1.807) is 6.20 Å². The second-order valence-corrected chi connectivity index (χ2v) is 5.80. The SMILES string of the molecule is OCCN(Cc1cccnc1)c1ccc2nnc(C3CC3)n2n1. The molecule has 23 heavy (non-hydrogen) atoms. The Hall–Kier alpha value is -2.54. The van der Waals surface area contributed by atoms with E-state index in [9.17, 15) is 5.11 Å². The zero-order valence-electron chi connectivity index (χ0n) is 12.7. The summed E-state index contributed by atoms with van der Waals surface area (Å²) in [6.07, 6.45) is 5.89. The Morgan fingerprint density at radius 1 is 1.22 bits per heavy atom. The molecule has 0 aromatic carbocycles. The number of fused-ring (bicyclic) bond motifs is 1. The highest BCUT2D eigenvalue weighted by atomic mass is 16.3. The standard InChI is InChI=1S/C16H18N6O/c23-9-8-21(11-12-2-1-7-17-10-12)15-6-5-14-18-19-16(13-3-4-13)22(14)20-15/h1-2,5-7,10,13,23H,3-4,8-9,11H2. The molecule has 4 rings (SSSR count). The number of hydrogen-bond donors (Lipinski definition) is 1. The van der Waals surface area contributed by atoms with Gasteiger partial charge in [-0.15, -0.1) is 15.3 Å². The zero-order valence-corrected chi connectivity index (χ0v) is 12.7. The van der Waals surface area contributed by atoms with E-state index in [1.807, 2.05) is 39.9 Å². The molecule has 3 heterocycles. The average molecular weight is 310 g/mol. The molecule has 0 radical (unpaired) electrons. The van der Waals surface area contributed by atoms with Crippen molar-refractivity contribution in [2.45, 2.75) is 25.3 Å². The van der Waals surface area contributed by atoms with E-state index < -0.39 is 0 Å². The van der Waals surface area contributed by atoms with Gasteiger partial charge in [-0.3, -0.25) is 4.98 Å². The zero-order chi connectivity index (χ0) is 15.6. The largest absolute Gasteiger partial charge is 0.395 e. The third kappa shape index (κ3) is 2.87. The van der Waals surface area contributed by atoms with E-state index in [0.717, 1.165) is 35.7 Å². The number of aromatic nitrogens is 5. The number of aliphatic hydroxyl groups is 1. The molecular formula is C16H18N6O. The minimum atomic E-state index is 0.0671. The van der Waals surface area contributed by atoms with E-state index in [-0.39, 0.29) is 6.61 Å². The van der Waals surface area contributed by atoms with Gasteiger partial charge < -0.3 is 10.0 Å². The summed E-state index contributed by atoms with van der Waals surface area (Å²) in [6, 6.07) is 7.78. The van der Waals surface area contributed by atoms with Crippen LogP contribution in [0.4, 0.5) is 5.82 Å². The van der Waals surface area contributed by atoms with Crippen LogP contribution in [-0.2, 0) is 6.54 Å². The topological polar surface area (TPSA) is 79.4 Å². The molecule has 0 bridgehead atoms. The van der Waals surface area contributed by atoms with E-state index in [4.69, 9.17) is 5.10 Å². The molecule has 1 aliphatic rings. The molecule has 3 aromatic rings. The van der Waals surface area contributed by atoms with Crippen molar-refractivity contribution in [3.63, 3.8) is 0 Å². The van der Waals surface area contributed by atoms with E-state index in [0.29, 0.717) is 19.0 Å². The normalized spacial score (nSPS) is 14.3. The predicted octanol–water partition coefficient (Wildman–Crippen LogP) is 1.40. The Bertz CT molecular complexity index is 799. The van der Waals surface area contributed by atoms with Crippen LogP contribution >= 0.6 is 0 Å². The lowest BCUT2D eigenvalue weighted by molar-refractivity contribution is 0.301. The summed E-state index contributed by atoms with van der Waals surface area (Å²) < 4.78 is 1.83. The van der Waals surface area contributed by atoms with Crippen LogP contribution < -0.4 is 4.90 Å². The fraction of sp³-hybridized carbons (Fsp3) is 0.375. The summed E-state index contributed by atoms with van der Waals surface area (Å²) in [5, 5.41) is 22.5. The van der Waals surface area contributed by atoms with Gasteiger partial charge in [0.25, 0.3) is 0 Å². The maximum atomic E-state index is 9.39. The summed E-state index contributed by atoms with van der Waals surface area (Å²) >= 11 is 0. The van der Waals surface area contributed by atoms with Crippen LogP contribution in [0.3, 0.4) is 0 Å². The molecule has 3 aromatic heterocycles. The third-order valence-electron chi connectivity index (χ3n) is 4.01. The van der Waals surface area contributed by atoms with Gasteiger partial charge in [-0.05, 0) is 36.6 Å². The van der Waals surface area contributed by atoms with Crippen molar-refractivity contribution >= 4 is 11.5 Å². The number of anilines is 1. The number of nitrogens with zero attached hydrogens (tertiary/aromatic N) is 6. The molecule has 0 amide bonds. The van der Waals surface area contributed by atoms with Crippen LogP contribution in [0.25, 0.3) is 5.65 Å². The highest BCUT2D eigenvalue weighted by Gasteiger charge is 2.29. The van der Waals surface area contributed by atoms with Gasteiger partial charge in [0.15, 0.2) is 11.5 Å². The highest BCUT2D eigenvalue weighted by Crippen LogP contribution is 2.38. The Kier molecular flexibility index (Phi) is 3.63. The first kappa shape index (κ1) is 14.1. The summed E-state index contributed by atoms with van der Waals surface area (Å²) in [4.78, 5) is 6.18. The molecule has 0 saturated heterocycles. The maximum Gasteiger partial charge on any atom is 0.178 e. The van der Waals surface area contributed by atoms with Gasteiger partial charge in [0.05, 0.1) is 6.61 Å². The van der Waals surface area contributed by atoms with Gasteiger partial charge in [0.1, 0.15) is 5.82 Å². The van der Waals surface area contributed by atoms with Crippen molar-refractivity contribution in [3.8, 4) is 0 Å². The predicted molar refractivity (Wildman–Crippen MR) is 85.1 cm³/mol. The molecule has 0 aliphatic heterocycles. The van der Waals surface area contributed by atoms with Gasteiger partial charge >= 0.3 is 0 Å². The van der Waals surface area contributed by atoms with Crippen molar-refractivity contribution in [1.82, 2.24) is 24.8 Å². The fourth-order valence-corrected chi connectivity index (χ4v) is 2.67. The van der Waals surface area contributed by atoms with E-state index in [1.165, 1.54) is 0 Å². The molecule has 7 heteroatoms.